The minimum Gasteiger partial charge on any atom is -0.419 e. The molecule has 0 spiro atoms. The first-order valence-electron chi connectivity index (χ1n) is 10.5. The van der Waals surface area contributed by atoms with Crippen LogP contribution in [0, 0.1) is 18.3 Å². The van der Waals surface area contributed by atoms with Crippen molar-refractivity contribution in [1.29, 1.82) is 5.26 Å². The van der Waals surface area contributed by atoms with Gasteiger partial charge in [0.15, 0.2) is 0 Å². The minimum absolute atomic E-state index is 0.331. The molecular formula is C23H33N3O. The Balaban J connectivity index is 1.66. The second-order valence-corrected chi connectivity index (χ2v) is 7.28. The van der Waals surface area contributed by atoms with Crippen molar-refractivity contribution in [2.75, 3.05) is 11.9 Å². The second kappa shape index (κ2) is 12.2. The third kappa shape index (κ3) is 7.46. The summed E-state index contributed by atoms with van der Waals surface area (Å²) in [4.78, 5) is 4.31. The van der Waals surface area contributed by atoms with Crippen LogP contribution in [-0.4, -0.2) is 11.5 Å². The first kappa shape index (κ1) is 21.0. The summed E-state index contributed by atoms with van der Waals surface area (Å²) in [5.41, 5.74) is 2.41. The Kier molecular flexibility index (Phi) is 9.48. The summed E-state index contributed by atoms with van der Waals surface area (Å²) >= 11 is 0. The third-order valence-corrected chi connectivity index (χ3v) is 4.85. The summed E-state index contributed by atoms with van der Waals surface area (Å²) < 4.78 is 5.78. The molecule has 27 heavy (non-hydrogen) atoms. The Hall–Kier alpha value is -2.28. The zero-order chi connectivity index (χ0) is 19.3. The number of oxazole rings is 1. The Morgan fingerprint density at radius 1 is 0.926 bits per heavy atom. The van der Waals surface area contributed by atoms with Gasteiger partial charge in [-0.15, -0.1) is 0 Å². The molecule has 2 aromatic rings. The summed E-state index contributed by atoms with van der Waals surface area (Å²) in [6.07, 6.45) is 13.1. The molecule has 0 radical (unpaired) electrons. The number of aromatic nitrogens is 1. The summed E-state index contributed by atoms with van der Waals surface area (Å²) in [7, 11) is 0. The van der Waals surface area contributed by atoms with Gasteiger partial charge in [0.1, 0.15) is 6.07 Å². The van der Waals surface area contributed by atoms with Gasteiger partial charge in [-0.1, -0.05) is 82.4 Å². The molecule has 0 bridgehead atoms. The molecule has 146 valence electrons. The molecule has 4 heteroatoms. The molecule has 0 aliphatic rings. The molecule has 4 nitrogen and oxygen atoms in total. The number of nitrogens with zero attached hydrogens (tertiary/aromatic N) is 2. The van der Waals surface area contributed by atoms with Crippen molar-refractivity contribution in [3.05, 3.63) is 35.5 Å². The number of hydrogen-bond acceptors (Lipinski definition) is 4. The van der Waals surface area contributed by atoms with Gasteiger partial charge in [0.25, 0.3) is 0 Å². The van der Waals surface area contributed by atoms with E-state index < -0.39 is 0 Å². The number of nitrogens with one attached hydrogen (secondary N) is 1. The van der Waals surface area contributed by atoms with Gasteiger partial charge in [-0.2, -0.15) is 10.2 Å². The van der Waals surface area contributed by atoms with Gasteiger partial charge in [-0.3, -0.25) is 0 Å². The van der Waals surface area contributed by atoms with E-state index in [1.54, 1.807) is 0 Å². The van der Waals surface area contributed by atoms with Crippen molar-refractivity contribution in [1.82, 2.24) is 4.98 Å². The van der Waals surface area contributed by atoms with E-state index in [2.05, 4.69) is 23.3 Å². The maximum absolute atomic E-state index is 9.29. The predicted molar refractivity (Wildman–Crippen MR) is 112 cm³/mol. The number of nitriles is 1. The van der Waals surface area contributed by atoms with E-state index >= 15 is 0 Å². The average molecular weight is 368 g/mol. The van der Waals surface area contributed by atoms with Gasteiger partial charge in [0.2, 0.25) is 17.5 Å². The molecule has 0 saturated heterocycles. The number of anilines is 1. The maximum Gasteiger partial charge on any atom is 0.232 e. The van der Waals surface area contributed by atoms with Crippen LogP contribution in [0.5, 0.6) is 0 Å². The molecule has 0 aliphatic heterocycles. The predicted octanol–water partition coefficient (Wildman–Crippen LogP) is 6.85. The first-order chi connectivity index (χ1) is 13.2. The lowest BCUT2D eigenvalue weighted by Gasteiger charge is -2.04. The van der Waals surface area contributed by atoms with Crippen molar-refractivity contribution < 1.29 is 4.42 Å². The SMILES string of the molecule is CCCCCCCCCCCCNc1oc(-c2ccc(C)cc2)nc1C#N. The van der Waals surface area contributed by atoms with Gasteiger partial charge < -0.3 is 9.73 Å². The van der Waals surface area contributed by atoms with Gasteiger partial charge in [0, 0.05) is 12.1 Å². The van der Waals surface area contributed by atoms with Gasteiger partial charge >= 0.3 is 0 Å². The second-order valence-electron chi connectivity index (χ2n) is 7.28. The molecule has 0 amide bonds. The summed E-state index contributed by atoms with van der Waals surface area (Å²) in [6.45, 7) is 5.11. The number of hydrogen-bond donors (Lipinski definition) is 1. The molecule has 0 saturated carbocycles. The fraction of sp³-hybridized carbons (Fsp3) is 0.565. The van der Waals surface area contributed by atoms with Gasteiger partial charge in [0.05, 0.1) is 0 Å². The molecule has 0 aliphatic carbocycles. The zero-order valence-electron chi connectivity index (χ0n) is 16.9. The van der Waals surface area contributed by atoms with E-state index in [1.807, 2.05) is 31.2 Å². The van der Waals surface area contributed by atoms with Crippen molar-refractivity contribution in [2.24, 2.45) is 0 Å². The zero-order valence-corrected chi connectivity index (χ0v) is 16.9. The standard InChI is InChI=1S/C23H33N3O/c1-3-4-5-6-7-8-9-10-11-12-17-25-23-21(18-24)26-22(27-23)20-15-13-19(2)14-16-20/h13-16,25H,3-12,17H2,1-2H3. The Labute approximate surface area is 164 Å². The highest BCUT2D eigenvalue weighted by Gasteiger charge is 2.13. The van der Waals surface area contributed by atoms with Crippen LogP contribution in [-0.2, 0) is 0 Å². The quantitative estimate of drug-likeness (QED) is 0.393. The Morgan fingerprint density at radius 2 is 1.52 bits per heavy atom. The molecule has 1 aromatic carbocycles. The van der Waals surface area contributed by atoms with Crippen molar-refractivity contribution in [2.45, 2.75) is 78.1 Å². The topological polar surface area (TPSA) is 61.9 Å². The summed E-state index contributed by atoms with van der Waals surface area (Å²) in [5, 5.41) is 12.5. The smallest absolute Gasteiger partial charge is 0.232 e. The summed E-state index contributed by atoms with van der Waals surface area (Å²) in [5.74, 6) is 0.987. The van der Waals surface area contributed by atoms with Crippen LogP contribution >= 0.6 is 0 Å². The molecule has 1 N–H and O–H groups in total. The lowest BCUT2D eigenvalue weighted by molar-refractivity contribution is 0.555. The van der Waals surface area contributed by atoms with Crippen LogP contribution in [0.15, 0.2) is 28.7 Å². The molecule has 1 aromatic heterocycles. The molecule has 1 heterocycles. The third-order valence-electron chi connectivity index (χ3n) is 4.85. The molecular weight excluding hydrogens is 334 g/mol. The van der Waals surface area contributed by atoms with Crippen LogP contribution < -0.4 is 5.32 Å². The fourth-order valence-electron chi connectivity index (χ4n) is 3.15. The van der Waals surface area contributed by atoms with E-state index in [4.69, 9.17) is 4.42 Å². The highest BCUT2D eigenvalue weighted by molar-refractivity contribution is 5.59. The van der Waals surface area contributed by atoms with E-state index in [-0.39, 0.29) is 0 Å². The van der Waals surface area contributed by atoms with E-state index in [1.165, 1.54) is 63.4 Å². The van der Waals surface area contributed by atoms with Gasteiger partial charge in [-0.25, -0.2) is 0 Å². The summed E-state index contributed by atoms with van der Waals surface area (Å²) in [6, 6.07) is 10.1. The maximum atomic E-state index is 9.29. The van der Waals surface area contributed by atoms with Gasteiger partial charge in [-0.05, 0) is 25.5 Å². The lowest BCUT2D eigenvalue weighted by Crippen LogP contribution is -2.01. The molecule has 0 fully saturated rings. The monoisotopic (exact) mass is 367 g/mol. The Bertz CT molecular complexity index is 697. The van der Waals surface area contributed by atoms with Crippen molar-refractivity contribution in [3.8, 4) is 17.5 Å². The Morgan fingerprint density at radius 3 is 2.11 bits per heavy atom. The minimum atomic E-state index is 0.331. The highest BCUT2D eigenvalue weighted by Crippen LogP contribution is 2.25. The highest BCUT2D eigenvalue weighted by atomic mass is 16.4. The van der Waals surface area contributed by atoms with Crippen LogP contribution in [0.25, 0.3) is 11.5 Å². The van der Waals surface area contributed by atoms with Crippen molar-refractivity contribution in [3.63, 3.8) is 0 Å². The first-order valence-corrected chi connectivity index (χ1v) is 10.5. The number of rotatable bonds is 13. The molecule has 0 unspecified atom stereocenters. The fourth-order valence-corrected chi connectivity index (χ4v) is 3.15. The molecule has 0 atom stereocenters. The normalized spacial score (nSPS) is 10.7. The number of unbranched alkanes of at least 4 members (excludes halogenated alkanes) is 9. The lowest BCUT2D eigenvalue weighted by atomic mass is 10.1. The van der Waals surface area contributed by atoms with E-state index in [9.17, 15) is 5.26 Å². The van der Waals surface area contributed by atoms with Crippen LogP contribution in [0.4, 0.5) is 5.88 Å². The number of aryl methyl sites for hydroxylation is 1. The van der Waals surface area contributed by atoms with Crippen LogP contribution in [0.3, 0.4) is 0 Å². The van der Waals surface area contributed by atoms with E-state index in [0.29, 0.717) is 17.5 Å². The average Bonchev–Trinajstić information content (AvgIpc) is 3.10. The van der Waals surface area contributed by atoms with Crippen LogP contribution in [0.2, 0.25) is 0 Å². The largest absolute Gasteiger partial charge is 0.419 e. The molecule has 2 rings (SSSR count). The van der Waals surface area contributed by atoms with Crippen LogP contribution in [0.1, 0.15) is 82.4 Å². The van der Waals surface area contributed by atoms with E-state index in [0.717, 1.165) is 18.5 Å². The number of benzene rings is 1. The van der Waals surface area contributed by atoms with Crippen molar-refractivity contribution >= 4 is 5.88 Å².